The van der Waals surface area contributed by atoms with Crippen LogP contribution in [-0.4, -0.2) is 19.5 Å². The van der Waals surface area contributed by atoms with Crippen molar-refractivity contribution in [3.8, 4) is 5.82 Å². The average molecular weight is 321 g/mol. The van der Waals surface area contributed by atoms with Crippen LogP contribution in [-0.2, 0) is 12.8 Å². The van der Waals surface area contributed by atoms with E-state index in [2.05, 4.69) is 49.3 Å². The van der Waals surface area contributed by atoms with Crippen LogP contribution < -0.4 is 0 Å². The fourth-order valence-electron chi connectivity index (χ4n) is 2.47. The van der Waals surface area contributed by atoms with Gasteiger partial charge in [0.25, 0.3) is 0 Å². The van der Waals surface area contributed by atoms with Gasteiger partial charge in [0, 0.05) is 17.7 Å². The lowest BCUT2D eigenvalue weighted by atomic mass is 10.0. The molecule has 0 fully saturated rings. The van der Waals surface area contributed by atoms with Crippen LogP contribution in [0.5, 0.6) is 0 Å². The molecule has 2 heterocycles. The van der Waals surface area contributed by atoms with Gasteiger partial charge in [-0.3, -0.25) is 4.57 Å². The number of aryl methyl sites for hydroxylation is 1. The summed E-state index contributed by atoms with van der Waals surface area (Å²) in [6, 6.07) is 1.96. The molecule has 0 radical (unpaired) electrons. The first-order chi connectivity index (χ1) is 9.15. The number of aromatic nitrogens is 4. The van der Waals surface area contributed by atoms with Gasteiger partial charge in [-0.15, -0.1) is 0 Å². The van der Waals surface area contributed by atoms with E-state index in [1.54, 1.807) is 0 Å². The van der Waals surface area contributed by atoms with Gasteiger partial charge in [0.05, 0.1) is 5.69 Å². The normalized spacial score (nSPS) is 14.7. The zero-order chi connectivity index (χ0) is 13.4. The van der Waals surface area contributed by atoms with Crippen LogP contribution in [0.15, 0.2) is 17.0 Å². The Morgan fingerprint density at radius 3 is 2.79 bits per heavy atom. The van der Waals surface area contributed by atoms with Gasteiger partial charge in [-0.25, -0.2) is 15.0 Å². The molecule has 1 aliphatic carbocycles. The highest BCUT2D eigenvalue weighted by Crippen LogP contribution is 2.24. The Labute approximate surface area is 121 Å². The van der Waals surface area contributed by atoms with E-state index >= 15 is 0 Å². The third-order valence-electron chi connectivity index (χ3n) is 3.49. The molecule has 0 unspecified atom stereocenters. The highest BCUT2D eigenvalue weighted by molar-refractivity contribution is 9.10. The number of imidazole rings is 1. The summed E-state index contributed by atoms with van der Waals surface area (Å²) in [4.78, 5) is 13.6. The molecule has 0 saturated carbocycles. The Balaban J connectivity index is 2.09. The highest BCUT2D eigenvalue weighted by atomic mass is 79.9. The summed E-state index contributed by atoms with van der Waals surface area (Å²) in [5.74, 6) is 2.10. The van der Waals surface area contributed by atoms with E-state index < -0.39 is 0 Å². The molecular formula is C14H17BrN4. The van der Waals surface area contributed by atoms with E-state index in [0.717, 1.165) is 29.1 Å². The Hall–Kier alpha value is -1.23. The molecular weight excluding hydrogens is 304 g/mol. The summed E-state index contributed by atoms with van der Waals surface area (Å²) in [7, 11) is 0. The molecule has 100 valence electrons. The summed E-state index contributed by atoms with van der Waals surface area (Å²) in [5, 5.41) is 0. The highest BCUT2D eigenvalue weighted by Gasteiger charge is 2.17. The van der Waals surface area contributed by atoms with Crippen molar-refractivity contribution in [2.75, 3.05) is 0 Å². The lowest BCUT2D eigenvalue weighted by molar-refractivity contribution is 0.652. The molecule has 3 rings (SSSR count). The van der Waals surface area contributed by atoms with Crippen molar-refractivity contribution in [2.45, 2.75) is 45.4 Å². The Bertz CT molecular complexity index is 603. The standard InChI is InChI=1S/C14H17BrN4/c1-9(2)14-17-12(15)7-13(18-14)19-8-16-10-5-3-4-6-11(10)19/h7-9H,3-6H2,1-2H3. The number of fused-ring (bicyclic) bond motifs is 1. The first kappa shape index (κ1) is 12.8. The van der Waals surface area contributed by atoms with Gasteiger partial charge < -0.3 is 0 Å². The second-order valence-electron chi connectivity index (χ2n) is 5.28. The molecule has 0 aliphatic heterocycles. The average Bonchev–Trinajstić information content (AvgIpc) is 2.81. The predicted octanol–water partition coefficient (Wildman–Crippen LogP) is 3.43. The molecule has 0 saturated heterocycles. The van der Waals surface area contributed by atoms with Crippen LogP contribution in [0.4, 0.5) is 0 Å². The minimum absolute atomic E-state index is 0.315. The van der Waals surface area contributed by atoms with Gasteiger partial charge in [-0.2, -0.15) is 0 Å². The zero-order valence-electron chi connectivity index (χ0n) is 11.2. The number of hydrogen-bond acceptors (Lipinski definition) is 3. The second-order valence-corrected chi connectivity index (χ2v) is 6.09. The van der Waals surface area contributed by atoms with Crippen LogP contribution in [0.25, 0.3) is 5.82 Å². The number of nitrogens with zero attached hydrogens (tertiary/aromatic N) is 4. The van der Waals surface area contributed by atoms with E-state index in [1.807, 2.05) is 12.4 Å². The summed E-state index contributed by atoms with van der Waals surface area (Å²) in [6.45, 7) is 4.21. The van der Waals surface area contributed by atoms with Gasteiger partial charge in [-0.05, 0) is 41.6 Å². The Kier molecular flexibility index (Phi) is 3.39. The SMILES string of the molecule is CC(C)c1nc(Br)cc(-n2cnc3c2CCCC3)n1. The smallest absolute Gasteiger partial charge is 0.142 e. The minimum Gasteiger partial charge on any atom is -0.287 e. The Morgan fingerprint density at radius 1 is 1.21 bits per heavy atom. The molecule has 0 N–H and O–H groups in total. The fraction of sp³-hybridized carbons (Fsp3) is 0.500. The van der Waals surface area contributed by atoms with Crippen LogP contribution in [0.3, 0.4) is 0 Å². The molecule has 0 atom stereocenters. The Morgan fingerprint density at radius 2 is 2.00 bits per heavy atom. The molecule has 2 aromatic rings. The molecule has 2 aromatic heterocycles. The van der Waals surface area contributed by atoms with Crippen LogP contribution in [0, 0.1) is 0 Å². The lowest BCUT2D eigenvalue weighted by Crippen LogP contribution is -2.10. The minimum atomic E-state index is 0.315. The van der Waals surface area contributed by atoms with E-state index in [1.165, 1.54) is 24.2 Å². The van der Waals surface area contributed by atoms with Crippen molar-refractivity contribution in [3.05, 3.63) is 34.2 Å². The van der Waals surface area contributed by atoms with E-state index in [9.17, 15) is 0 Å². The topological polar surface area (TPSA) is 43.6 Å². The lowest BCUT2D eigenvalue weighted by Gasteiger charge is -2.14. The summed E-state index contributed by atoms with van der Waals surface area (Å²) < 4.78 is 2.95. The first-order valence-corrected chi connectivity index (χ1v) is 7.54. The number of rotatable bonds is 2. The van der Waals surface area contributed by atoms with E-state index in [0.29, 0.717) is 5.92 Å². The van der Waals surface area contributed by atoms with Crippen LogP contribution >= 0.6 is 15.9 Å². The van der Waals surface area contributed by atoms with Crippen molar-refractivity contribution >= 4 is 15.9 Å². The second kappa shape index (κ2) is 5.04. The van der Waals surface area contributed by atoms with Gasteiger partial charge in [0.1, 0.15) is 22.6 Å². The molecule has 0 amide bonds. The van der Waals surface area contributed by atoms with Crippen molar-refractivity contribution in [3.63, 3.8) is 0 Å². The van der Waals surface area contributed by atoms with Gasteiger partial charge >= 0.3 is 0 Å². The number of halogens is 1. The summed E-state index contributed by atoms with van der Waals surface area (Å²) >= 11 is 3.48. The molecule has 19 heavy (non-hydrogen) atoms. The predicted molar refractivity (Wildman–Crippen MR) is 77.6 cm³/mol. The maximum atomic E-state index is 4.67. The number of hydrogen-bond donors (Lipinski definition) is 0. The first-order valence-electron chi connectivity index (χ1n) is 6.75. The van der Waals surface area contributed by atoms with Crippen molar-refractivity contribution < 1.29 is 0 Å². The third-order valence-corrected chi connectivity index (χ3v) is 3.90. The summed E-state index contributed by atoms with van der Waals surface area (Å²) in [6.07, 6.45) is 6.56. The van der Waals surface area contributed by atoms with E-state index in [4.69, 9.17) is 0 Å². The van der Waals surface area contributed by atoms with Gasteiger partial charge in [0.2, 0.25) is 0 Å². The maximum Gasteiger partial charge on any atom is 0.142 e. The quantitative estimate of drug-likeness (QED) is 0.796. The molecule has 0 bridgehead atoms. The fourth-order valence-corrected chi connectivity index (χ4v) is 2.86. The van der Waals surface area contributed by atoms with Gasteiger partial charge in [-0.1, -0.05) is 13.8 Å². The van der Waals surface area contributed by atoms with Gasteiger partial charge in [0.15, 0.2) is 0 Å². The largest absolute Gasteiger partial charge is 0.287 e. The van der Waals surface area contributed by atoms with Crippen LogP contribution in [0.2, 0.25) is 0 Å². The molecule has 4 nitrogen and oxygen atoms in total. The third kappa shape index (κ3) is 2.43. The van der Waals surface area contributed by atoms with Crippen molar-refractivity contribution in [2.24, 2.45) is 0 Å². The van der Waals surface area contributed by atoms with E-state index in [-0.39, 0.29) is 0 Å². The van der Waals surface area contributed by atoms with Crippen molar-refractivity contribution in [1.29, 1.82) is 0 Å². The maximum absolute atomic E-state index is 4.67. The molecule has 0 spiro atoms. The molecule has 0 aromatic carbocycles. The summed E-state index contributed by atoms with van der Waals surface area (Å²) in [5.41, 5.74) is 2.54. The molecule has 1 aliphatic rings. The monoisotopic (exact) mass is 320 g/mol. The van der Waals surface area contributed by atoms with Crippen molar-refractivity contribution in [1.82, 2.24) is 19.5 Å². The zero-order valence-corrected chi connectivity index (χ0v) is 12.8. The van der Waals surface area contributed by atoms with Crippen LogP contribution in [0.1, 0.15) is 49.8 Å². The molecule has 5 heteroatoms.